The second-order valence-corrected chi connectivity index (χ2v) is 8.30. The zero-order chi connectivity index (χ0) is 21.9. The number of amides is 1. The second-order valence-electron chi connectivity index (χ2n) is 7.86. The molecular weight excluding hydrogens is 428 g/mol. The fourth-order valence-electron chi connectivity index (χ4n) is 4.11. The molecule has 2 aliphatic rings. The summed E-state index contributed by atoms with van der Waals surface area (Å²) in [5.41, 5.74) is 2.83. The summed E-state index contributed by atoms with van der Waals surface area (Å²) in [7, 11) is 0. The Morgan fingerprint density at radius 1 is 1.16 bits per heavy atom. The standard InChI is InChI=1S/C23H23ClN6O2/c24-18-10-8-17(9-11-18)20-13-21(16-5-2-1-3-6-16)30-23(26-27-28-30)29(20)15-22(31)25-14-19-7-4-12-32-19/h1-3,5-6,8-11,13,19,21H,4,7,12,14-15H2,(H,25,31)/t19-,21-/m1/s1. The van der Waals surface area contributed by atoms with Crippen LogP contribution in [-0.4, -0.2) is 51.9 Å². The number of carbonyl (C=O) groups is 1. The maximum Gasteiger partial charge on any atom is 0.251 e. The number of carbonyl (C=O) groups excluding carboxylic acids is 1. The fourth-order valence-corrected chi connectivity index (χ4v) is 4.24. The van der Waals surface area contributed by atoms with E-state index >= 15 is 0 Å². The van der Waals surface area contributed by atoms with E-state index < -0.39 is 0 Å². The van der Waals surface area contributed by atoms with Crippen molar-refractivity contribution in [1.29, 1.82) is 0 Å². The van der Waals surface area contributed by atoms with E-state index in [1.165, 1.54) is 0 Å². The number of hydrogen-bond donors (Lipinski definition) is 1. The van der Waals surface area contributed by atoms with E-state index in [1.54, 1.807) is 4.68 Å². The molecule has 2 aliphatic heterocycles. The highest BCUT2D eigenvalue weighted by Gasteiger charge is 2.32. The average molecular weight is 451 g/mol. The molecule has 0 spiro atoms. The molecule has 8 nitrogen and oxygen atoms in total. The first-order chi connectivity index (χ1) is 15.7. The van der Waals surface area contributed by atoms with E-state index in [4.69, 9.17) is 16.3 Å². The number of tetrazole rings is 1. The van der Waals surface area contributed by atoms with Crippen molar-refractivity contribution in [2.75, 3.05) is 24.6 Å². The third-order valence-corrected chi connectivity index (χ3v) is 5.97. The molecule has 0 bridgehead atoms. The van der Waals surface area contributed by atoms with Crippen molar-refractivity contribution in [1.82, 2.24) is 25.5 Å². The lowest BCUT2D eigenvalue weighted by atomic mass is 10.0. The smallest absolute Gasteiger partial charge is 0.251 e. The van der Waals surface area contributed by atoms with Gasteiger partial charge >= 0.3 is 0 Å². The van der Waals surface area contributed by atoms with Crippen LogP contribution in [0.25, 0.3) is 5.70 Å². The van der Waals surface area contributed by atoms with Crippen LogP contribution in [0.15, 0.2) is 60.7 Å². The summed E-state index contributed by atoms with van der Waals surface area (Å²) < 4.78 is 7.35. The van der Waals surface area contributed by atoms with Crippen molar-refractivity contribution < 1.29 is 9.53 Å². The van der Waals surface area contributed by atoms with Crippen LogP contribution in [0.1, 0.15) is 30.0 Å². The number of halogens is 1. The first-order valence-corrected chi connectivity index (χ1v) is 11.0. The summed E-state index contributed by atoms with van der Waals surface area (Å²) in [6.07, 6.45) is 4.16. The number of rotatable bonds is 6. The molecule has 3 aromatic rings. The van der Waals surface area contributed by atoms with Crippen LogP contribution < -0.4 is 10.2 Å². The minimum atomic E-state index is -0.196. The van der Waals surface area contributed by atoms with E-state index in [2.05, 4.69) is 26.9 Å². The Bertz CT molecular complexity index is 1110. The van der Waals surface area contributed by atoms with Gasteiger partial charge in [-0.05, 0) is 52.6 Å². The lowest BCUT2D eigenvalue weighted by Crippen LogP contribution is -2.42. The van der Waals surface area contributed by atoms with Crippen LogP contribution in [0.4, 0.5) is 5.95 Å². The Labute approximate surface area is 190 Å². The molecule has 5 rings (SSSR count). The Morgan fingerprint density at radius 2 is 1.97 bits per heavy atom. The maximum atomic E-state index is 12.8. The SMILES string of the molecule is O=C(CN1C(c2ccc(Cl)cc2)=C[C@H](c2ccccc2)n2nnnc21)NC[C@H]1CCCO1. The Morgan fingerprint density at radius 3 is 2.72 bits per heavy atom. The molecule has 1 N–H and O–H groups in total. The number of allylic oxidation sites excluding steroid dienone is 1. The largest absolute Gasteiger partial charge is 0.376 e. The molecule has 0 unspecified atom stereocenters. The van der Waals surface area contributed by atoms with Crippen molar-refractivity contribution in [3.05, 3.63) is 76.8 Å². The summed E-state index contributed by atoms with van der Waals surface area (Å²) in [6, 6.07) is 17.4. The monoisotopic (exact) mass is 450 g/mol. The molecule has 0 radical (unpaired) electrons. The molecule has 1 saturated heterocycles. The van der Waals surface area contributed by atoms with Gasteiger partial charge < -0.3 is 10.1 Å². The minimum absolute atomic E-state index is 0.0827. The third kappa shape index (κ3) is 4.24. The highest BCUT2D eigenvalue weighted by molar-refractivity contribution is 6.30. The van der Waals surface area contributed by atoms with Crippen LogP contribution in [0.2, 0.25) is 5.02 Å². The van der Waals surface area contributed by atoms with Gasteiger partial charge in [-0.1, -0.05) is 59.2 Å². The molecule has 1 amide bonds. The molecule has 0 saturated carbocycles. The average Bonchev–Trinajstić information content (AvgIpc) is 3.52. The van der Waals surface area contributed by atoms with Gasteiger partial charge in [0.15, 0.2) is 0 Å². The maximum absolute atomic E-state index is 12.8. The highest BCUT2D eigenvalue weighted by Crippen LogP contribution is 2.36. The quantitative estimate of drug-likeness (QED) is 0.621. The van der Waals surface area contributed by atoms with Crippen molar-refractivity contribution in [3.8, 4) is 0 Å². The first-order valence-electron chi connectivity index (χ1n) is 10.7. The van der Waals surface area contributed by atoms with E-state index in [0.717, 1.165) is 36.3 Å². The van der Waals surface area contributed by atoms with Crippen LogP contribution in [0.5, 0.6) is 0 Å². The highest BCUT2D eigenvalue weighted by atomic mass is 35.5. The molecule has 0 aliphatic carbocycles. The van der Waals surface area contributed by atoms with E-state index in [0.29, 0.717) is 17.5 Å². The summed E-state index contributed by atoms with van der Waals surface area (Å²) >= 11 is 6.12. The van der Waals surface area contributed by atoms with Crippen molar-refractivity contribution >= 4 is 29.2 Å². The number of benzene rings is 2. The number of nitrogens with one attached hydrogen (secondary N) is 1. The lowest BCUT2D eigenvalue weighted by molar-refractivity contribution is -0.120. The summed E-state index contributed by atoms with van der Waals surface area (Å²) in [6.45, 7) is 1.35. The van der Waals surface area contributed by atoms with Gasteiger partial charge in [0, 0.05) is 18.2 Å². The van der Waals surface area contributed by atoms with E-state index in [9.17, 15) is 4.79 Å². The fraction of sp³-hybridized carbons (Fsp3) is 0.304. The van der Waals surface area contributed by atoms with Crippen molar-refractivity contribution in [2.45, 2.75) is 25.0 Å². The lowest BCUT2D eigenvalue weighted by Gasteiger charge is -2.32. The number of anilines is 1. The predicted octanol–water partition coefficient (Wildman–Crippen LogP) is 3.07. The van der Waals surface area contributed by atoms with Gasteiger partial charge in [-0.25, -0.2) is 0 Å². The number of hydrogen-bond acceptors (Lipinski definition) is 6. The number of nitrogens with zero attached hydrogens (tertiary/aromatic N) is 5. The summed E-state index contributed by atoms with van der Waals surface area (Å²) in [4.78, 5) is 14.7. The first kappa shape index (κ1) is 20.7. The molecule has 2 atom stereocenters. The van der Waals surface area contributed by atoms with Gasteiger partial charge in [-0.2, -0.15) is 4.68 Å². The second kappa shape index (κ2) is 9.10. The molecule has 164 valence electrons. The molecule has 9 heteroatoms. The summed E-state index contributed by atoms with van der Waals surface area (Å²) in [5, 5.41) is 16.0. The third-order valence-electron chi connectivity index (χ3n) is 5.72. The van der Waals surface area contributed by atoms with Crippen LogP contribution in [0.3, 0.4) is 0 Å². The zero-order valence-electron chi connectivity index (χ0n) is 17.4. The molecule has 1 fully saturated rings. The van der Waals surface area contributed by atoms with Gasteiger partial charge in [0.1, 0.15) is 12.6 Å². The normalized spacial score (nSPS) is 20.0. The number of aromatic nitrogens is 4. The number of ether oxygens (including phenoxy) is 1. The summed E-state index contributed by atoms with van der Waals surface area (Å²) in [5.74, 6) is 0.395. The zero-order valence-corrected chi connectivity index (χ0v) is 18.2. The molecule has 32 heavy (non-hydrogen) atoms. The molecule has 1 aromatic heterocycles. The van der Waals surface area contributed by atoms with Crippen LogP contribution >= 0.6 is 11.6 Å². The van der Waals surface area contributed by atoms with E-state index in [-0.39, 0.29) is 24.6 Å². The van der Waals surface area contributed by atoms with Gasteiger partial charge in [0.2, 0.25) is 5.91 Å². The van der Waals surface area contributed by atoms with Gasteiger partial charge in [-0.15, -0.1) is 0 Å². The van der Waals surface area contributed by atoms with Crippen molar-refractivity contribution in [2.24, 2.45) is 0 Å². The van der Waals surface area contributed by atoms with Crippen molar-refractivity contribution in [3.63, 3.8) is 0 Å². The Balaban J connectivity index is 1.47. The predicted molar refractivity (Wildman–Crippen MR) is 121 cm³/mol. The molecule has 2 aromatic carbocycles. The van der Waals surface area contributed by atoms with Gasteiger partial charge in [0.25, 0.3) is 5.95 Å². The molecular formula is C23H23ClN6O2. The van der Waals surface area contributed by atoms with Crippen LogP contribution in [-0.2, 0) is 9.53 Å². The van der Waals surface area contributed by atoms with Crippen LogP contribution in [0, 0.1) is 0 Å². The Hall–Kier alpha value is -3.23. The minimum Gasteiger partial charge on any atom is -0.376 e. The van der Waals surface area contributed by atoms with E-state index in [1.807, 2.05) is 59.5 Å². The van der Waals surface area contributed by atoms with Gasteiger partial charge in [0.05, 0.1) is 11.8 Å². The topological polar surface area (TPSA) is 85.2 Å². The number of fused-ring (bicyclic) bond motifs is 1. The van der Waals surface area contributed by atoms with Gasteiger partial charge in [-0.3, -0.25) is 9.69 Å². The Kier molecular flexibility index (Phi) is 5.87. The molecule has 3 heterocycles.